The van der Waals surface area contributed by atoms with Crippen LogP contribution in [0, 0.1) is 6.92 Å². The van der Waals surface area contributed by atoms with Crippen molar-refractivity contribution in [3.63, 3.8) is 0 Å². The van der Waals surface area contributed by atoms with E-state index in [-0.39, 0.29) is 5.92 Å². The van der Waals surface area contributed by atoms with Crippen LogP contribution in [0.3, 0.4) is 0 Å². The van der Waals surface area contributed by atoms with Crippen molar-refractivity contribution in [3.05, 3.63) is 65.1 Å². The lowest BCUT2D eigenvalue weighted by Crippen LogP contribution is -2.38. The van der Waals surface area contributed by atoms with Gasteiger partial charge in [0.05, 0.1) is 6.54 Å². The first-order chi connectivity index (χ1) is 12.6. The molecule has 0 amide bonds. The lowest BCUT2D eigenvalue weighted by atomic mass is 9.81. The molecule has 4 heterocycles. The van der Waals surface area contributed by atoms with Crippen molar-refractivity contribution in [1.82, 2.24) is 14.5 Å². The number of likely N-dealkylation sites (N-methyl/N-ethyl adjacent to an activating group) is 1. The summed E-state index contributed by atoms with van der Waals surface area (Å²) in [5.74, 6) is 0.0926. The zero-order valence-corrected chi connectivity index (χ0v) is 15.4. The van der Waals surface area contributed by atoms with Crippen LogP contribution in [-0.4, -0.2) is 39.2 Å². The highest BCUT2D eigenvalue weighted by molar-refractivity contribution is 5.87. The number of benzene rings is 1. The fraction of sp³-hybridized carbons (Fsp3) is 0.409. The molecular weight excluding hydrogens is 322 g/mol. The van der Waals surface area contributed by atoms with Gasteiger partial charge in [0.1, 0.15) is 5.60 Å². The molecule has 1 aromatic carbocycles. The van der Waals surface area contributed by atoms with E-state index in [0.29, 0.717) is 6.54 Å². The van der Waals surface area contributed by atoms with E-state index in [0.717, 1.165) is 31.6 Å². The van der Waals surface area contributed by atoms with Gasteiger partial charge in [0.25, 0.3) is 0 Å². The van der Waals surface area contributed by atoms with Crippen LogP contribution in [0.15, 0.2) is 42.7 Å². The molecule has 5 rings (SSSR count). The topological polar surface area (TPSA) is 41.3 Å². The highest BCUT2D eigenvalue weighted by Gasteiger charge is 2.49. The second-order valence-electron chi connectivity index (χ2n) is 7.83. The van der Waals surface area contributed by atoms with Crippen molar-refractivity contribution in [1.29, 1.82) is 0 Å². The molecule has 2 aliphatic heterocycles. The van der Waals surface area contributed by atoms with Gasteiger partial charge in [0.15, 0.2) is 0 Å². The summed E-state index contributed by atoms with van der Waals surface area (Å²) in [6.45, 7) is 7.97. The van der Waals surface area contributed by atoms with Crippen LogP contribution in [0.1, 0.15) is 35.2 Å². The summed E-state index contributed by atoms with van der Waals surface area (Å²) in [7, 11) is 0. The predicted molar refractivity (Wildman–Crippen MR) is 103 cm³/mol. The summed E-state index contributed by atoms with van der Waals surface area (Å²) < 4.78 is 2.38. The number of rotatable bonds is 2. The molecule has 2 atom stereocenters. The molecule has 26 heavy (non-hydrogen) atoms. The van der Waals surface area contributed by atoms with Crippen molar-refractivity contribution in [3.8, 4) is 0 Å². The van der Waals surface area contributed by atoms with E-state index in [1.807, 2.05) is 12.1 Å². The standard InChI is InChI=1S/C22H25N3O/c1-3-24-11-8-17-18-12-15(2)4-5-20(18)25-14-22(26,19(13-24)21(17)25)16-6-9-23-10-7-16/h4-7,9-10,12,19,26H,3,8,11,13-14H2,1-2H3. The molecule has 2 aromatic heterocycles. The number of pyridine rings is 1. The fourth-order valence-electron chi connectivity index (χ4n) is 5.04. The molecule has 1 N–H and O–H groups in total. The number of fused-ring (bicyclic) bond motifs is 3. The smallest absolute Gasteiger partial charge is 0.117 e. The van der Waals surface area contributed by atoms with Crippen molar-refractivity contribution >= 4 is 10.9 Å². The van der Waals surface area contributed by atoms with Crippen LogP contribution in [0.4, 0.5) is 0 Å². The van der Waals surface area contributed by atoms with E-state index < -0.39 is 5.60 Å². The van der Waals surface area contributed by atoms with Gasteiger partial charge in [-0.2, -0.15) is 0 Å². The van der Waals surface area contributed by atoms with Gasteiger partial charge in [0.2, 0.25) is 0 Å². The first kappa shape index (κ1) is 16.0. The lowest BCUT2D eigenvalue weighted by molar-refractivity contribution is 0.00224. The maximum absolute atomic E-state index is 11.9. The van der Waals surface area contributed by atoms with Crippen LogP contribution in [0.5, 0.6) is 0 Å². The highest BCUT2D eigenvalue weighted by Crippen LogP contribution is 2.50. The average Bonchev–Trinajstić information content (AvgIpc) is 3.01. The second-order valence-corrected chi connectivity index (χ2v) is 7.83. The maximum Gasteiger partial charge on any atom is 0.117 e. The normalized spacial score (nSPS) is 25.4. The third-order valence-electron chi connectivity index (χ3n) is 6.42. The molecule has 0 aliphatic carbocycles. The van der Waals surface area contributed by atoms with E-state index in [1.54, 1.807) is 12.4 Å². The first-order valence-corrected chi connectivity index (χ1v) is 9.58. The summed E-state index contributed by atoms with van der Waals surface area (Å²) >= 11 is 0. The summed E-state index contributed by atoms with van der Waals surface area (Å²) in [5.41, 5.74) is 5.46. The quantitative estimate of drug-likeness (QED) is 0.774. The number of aromatic nitrogens is 2. The van der Waals surface area contributed by atoms with Gasteiger partial charge in [-0.05, 0) is 55.3 Å². The van der Waals surface area contributed by atoms with Gasteiger partial charge in [-0.25, -0.2) is 0 Å². The van der Waals surface area contributed by atoms with Crippen molar-refractivity contribution < 1.29 is 5.11 Å². The van der Waals surface area contributed by atoms with Crippen LogP contribution in [0.2, 0.25) is 0 Å². The predicted octanol–water partition coefficient (Wildman–Crippen LogP) is 3.21. The van der Waals surface area contributed by atoms with Crippen molar-refractivity contribution in [2.45, 2.75) is 38.3 Å². The zero-order chi connectivity index (χ0) is 17.9. The summed E-state index contributed by atoms with van der Waals surface area (Å²) in [5, 5.41) is 13.2. The van der Waals surface area contributed by atoms with Crippen LogP contribution < -0.4 is 0 Å². The summed E-state index contributed by atoms with van der Waals surface area (Å²) in [4.78, 5) is 6.63. The molecule has 0 spiro atoms. The molecule has 0 saturated carbocycles. The van der Waals surface area contributed by atoms with E-state index >= 15 is 0 Å². The Morgan fingerprint density at radius 2 is 2.04 bits per heavy atom. The van der Waals surface area contributed by atoms with Crippen LogP contribution in [-0.2, 0) is 18.6 Å². The van der Waals surface area contributed by atoms with Gasteiger partial charge in [-0.1, -0.05) is 18.6 Å². The van der Waals surface area contributed by atoms with Gasteiger partial charge < -0.3 is 14.6 Å². The fourth-order valence-corrected chi connectivity index (χ4v) is 5.04. The van der Waals surface area contributed by atoms with E-state index in [2.05, 4.69) is 46.5 Å². The number of nitrogens with zero attached hydrogens (tertiary/aromatic N) is 3. The van der Waals surface area contributed by atoms with E-state index in [4.69, 9.17) is 0 Å². The number of aryl methyl sites for hydroxylation is 1. The molecule has 2 aliphatic rings. The molecule has 0 saturated heterocycles. The van der Waals surface area contributed by atoms with E-state index in [1.165, 1.54) is 27.7 Å². The molecule has 3 aromatic rings. The maximum atomic E-state index is 11.9. The Labute approximate surface area is 154 Å². The van der Waals surface area contributed by atoms with Gasteiger partial charge >= 0.3 is 0 Å². The van der Waals surface area contributed by atoms with Gasteiger partial charge in [0, 0.05) is 48.0 Å². The minimum absolute atomic E-state index is 0.0926. The van der Waals surface area contributed by atoms with Crippen molar-refractivity contribution in [2.75, 3.05) is 19.6 Å². The van der Waals surface area contributed by atoms with Crippen LogP contribution in [0.25, 0.3) is 10.9 Å². The highest BCUT2D eigenvalue weighted by atomic mass is 16.3. The monoisotopic (exact) mass is 347 g/mol. The number of hydrogen-bond acceptors (Lipinski definition) is 3. The summed E-state index contributed by atoms with van der Waals surface area (Å²) in [6.07, 6.45) is 4.63. The zero-order valence-electron chi connectivity index (χ0n) is 15.4. The lowest BCUT2D eigenvalue weighted by Gasteiger charge is -2.32. The third kappa shape index (κ3) is 2.12. The molecule has 134 valence electrons. The SMILES string of the molecule is CCN1CCc2c3n(c4ccc(C)cc24)CC(O)(c2ccncc2)C3C1. The largest absolute Gasteiger partial charge is 0.383 e. The van der Waals surface area contributed by atoms with Crippen molar-refractivity contribution in [2.24, 2.45) is 0 Å². The molecule has 0 radical (unpaired) electrons. The van der Waals surface area contributed by atoms with Crippen LogP contribution >= 0.6 is 0 Å². The molecule has 2 unspecified atom stereocenters. The molecular formula is C22H25N3O. The molecule has 0 bridgehead atoms. The Kier molecular flexibility index (Phi) is 3.49. The minimum atomic E-state index is -0.871. The third-order valence-corrected chi connectivity index (χ3v) is 6.42. The Hall–Kier alpha value is -2.17. The molecule has 0 fully saturated rings. The Bertz CT molecular complexity index is 978. The van der Waals surface area contributed by atoms with E-state index in [9.17, 15) is 5.11 Å². The molecule has 4 heteroatoms. The Morgan fingerprint density at radius 1 is 1.23 bits per heavy atom. The minimum Gasteiger partial charge on any atom is -0.383 e. The second kappa shape index (κ2) is 5.66. The Balaban J connectivity index is 1.75. The van der Waals surface area contributed by atoms with Gasteiger partial charge in [-0.15, -0.1) is 0 Å². The number of hydrogen-bond donors (Lipinski definition) is 1. The summed E-state index contributed by atoms with van der Waals surface area (Å²) in [6, 6.07) is 10.7. The average molecular weight is 347 g/mol. The molecule has 4 nitrogen and oxygen atoms in total. The first-order valence-electron chi connectivity index (χ1n) is 9.58. The Morgan fingerprint density at radius 3 is 2.81 bits per heavy atom. The number of aliphatic hydroxyl groups is 1. The van der Waals surface area contributed by atoms with Gasteiger partial charge in [-0.3, -0.25) is 4.98 Å².